The number of hydrogen-bond acceptors (Lipinski definition) is 3. The maximum Gasteiger partial charge on any atom is 0.419 e. The lowest BCUT2D eigenvalue weighted by Gasteiger charge is -2.16. The van der Waals surface area contributed by atoms with E-state index in [0.29, 0.717) is 11.1 Å². The van der Waals surface area contributed by atoms with Crippen LogP contribution in [0, 0.1) is 6.92 Å². The quantitative estimate of drug-likeness (QED) is 0.778. The van der Waals surface area contributed by atoms with Gasteiger partial charge in [-0.15, -0.1) is 0 Å². The van der Waals surface area contributed by atoms with Gasteiger partial charge in [-0.05, 0) is 37.5 Å². The van der Waals surface area contributed by atoms with E-state index in [4.69, 9.17) is 9.47 Å². The average molecular weight is 290 g/mol. The summed E-state index contributed by atoms with van der Waals surface area (Å²) >= 11 is 0. The number of rotatable bonds is 5. The molecule has 0 unspecified atom stereocenters. The molecule has 0 atom stereocenters. The van der Waals surface area contributed by atoms with Crippen LogP contribution in [-0.4, -0.2) is 19.7 Å². The SMILES string of the molecule is CCOC(=O)CCc1cc(C)c(OC)c(C(F)(F)F)c1. The van der Waals surface area contributed by atoms with Gasteiger partial charge in [0.15, 0.2) is 0 Å². The highest BCUT2D eigenvalue weighted by Gasteiger charge is 2.35. The predicted octanol–water partition coefficient (Wildman–Crippen LogP) is 3.52. The van der Waals surface area contributed by atoms with E-state index in [2.05, 4.69) is 0 Å². The van der Waals surface area contributed by atoms with E-state index in [9.17, 15) is 18.0 Å². The molecule has 112 valence electrons. The van der Waals surface area contributed by atoms with E-state index >= 15 is 0 Å². The topological polar surface area (TPSA) is 35.5 Å². The summed E-state index contributed by atoms with van der Waals surface area (Å²) in [6.07, 6.45) is -4.24. The van der Waals surface area contributed by atoms with Crippen molar-refractivity contribution in [1.29, 1.82) is 0 Å². The molecule has 0 heterocycles. The Bertz CT molecular complexity index is 481. The monoisotopic (exact) mass is 290 g/mol. The molecular formula is C14H17F3O3. The minimum atomic E-state index is -4.49. The second-order valence-electron chi connectivity index (χ2n) is 4.30. The van der Waals surface area contributed by atoms with Gasteiger partial charge in [-0.3, -0.25) is 4.79 Å². The molecule has 1 aromatic carbocycles. The molecule has 0 spiro atoms. The molecule has 0 amide bonds. The van der Waals surface area contributed by atoms with Gasteiger partial charge in [0, 0.05) is 6.42 Å². The Morgan fingerprint density at radius 1 is 1.30 bits per heavy atom. The summed E-state index contributed by atoms with van der Waals surface area (Å²) in [4.78, 5) is 11.2. The number of aryl methyl sites for hydroxylation is 2. The maximum absolute atomic E-state index is 12.9. The molecule has 0 fully saturated rings. The Morgan fingerprint density at radius 3 is 2.45 bits per heavy atom. The highest BCUT2D eigenvalue weighted by atomic mass is 19.4. The van der Waals surface area contributed by atoms with Gasteiger partial charge in [0.2, 0.25) is 0 Å². The van der Waals surface area contributed by atoms with Crippen LogP contribution in [-0.2, 0) is 22.1 Å². The molecule has 0 aliphatic rings. The molecule has 0 bridgehead atoms. The Hall–Kier alpha value is -1.72. The Balaban J connectivity index is 3.00. The van der Waals surface area contributed by atoms with Gasteiger partial charge in [-0.1, -0.05) is 6.07 Å². The zero-order valence-electron chi connectivity index (χ0n) is 11.6. The number of carbonyl (C=O) groups excluding carboxylic acids is 1. The van der Waals surface area contributed by atoms with Crippen molar-refractivity contribution >= 4 is 5.97 Å². The zero-order valence-corrected chi connectivity index (χ0v) is 11.6. The third-order valence-electron chi connectivity index (χ3n) is 2.77. The van der Waals surface area contributed by atoms with Crippen molar-refractivity contribution in [2.75, 3.05) is 13.7 Å². The van der Waals surface area contributed by atoms with Crippen LogP contribution in [0.5, 0.6) is 5.75 Å². The summed E-state index contributed by atoms with van der Waals surface area (Å²) < 4.78 is 48.4. The van der Waals surface area contributed by atoms with Crippen molar-refractivity contribution < 1.29 is 27.4 Å². The second kappa shape index (κ2) is 6.63. The predicted molar refractivity (Wildman–Crippen MR) is 67.7 cm³/mol. The van der Waals surface area contributed by atoms with Crippen LogP contribution in [0.15, 0.2) is 12.1 Å². The fourth-order valence-electron chi connectivity index (χ4n) is 1.95. The molecule has 0 aliphatic heterocycles. The zero-order chi connectivity index (χ0) is 15.3. The highest BCUT2D eigenvalue weighted by Crippen LogP contribution is 2.38. The molecule has 1 rings (SSSR count). The molecule has 3 nitrogen and oxygen atoms in total. The number of ether oxygens (including phenoxy) is 2. The largest absolute Gasteiger partial charge is 0.496 e. The number of carbonyl (C=O) groups is 1. The third kappa shape index (κ3) is 4.15. The smallest absolute Gasteiger partial charge is 0.419 e. The molecule has 1 aromatic rings. The van der Waals surface area contributed by atoms with E-state index in [1.54, 1.807) is 19.9 Å². The number of halogens is 3. The first-order valence-corrected chi connectivity index (χ1v) is 6.20. The van der Waals surface area contributed by atoms with Gasteiger partial charge < -0.3 is 9.47 Å². The summed E-state index contributed by atoms with van der Waals surface area (Å²) in [7, 11) is 1.20. The normalized spacial score (nSPS) is 11.3. The van der Waals surface area contributed by atoms with Crippen LogP contribution in [0.2, 0.25) is 0 Å². The number of hydrogen-bond donors (Lipinski definition) is 0. The fourth-order valence-corrected chi connectivity index (χ4v) is 1.95. The van der Waals surface area contributed by atoms with E-state index in [0.717, 1.165) is 6.07 Å². The molecule has 6 heteroatoms. The molecule has 0 aliphatic carbocycles. The van der Waals surface area contributed by atoms with Gasteiger partial charge in [0.1, 0.15) is 5.75 Å². The molecule has 0 N–H and O–H groups in total. The lowest BCUT2D eigenvalue weighted by atomic mass is 10.0. The van der Waals surface area contributed by atoms with Crippen molar-refractivity contribution in [3.63, 3.8) is 0 Å². The van der Waals surface area contributed by atoms with Crippen LogP contribution >= 0.6 is 0 Å². The summed E-state index contributed by atoms with van der Waals surface area (Å²) in [5.41, 5.74) is 0.00345. The van der Waals surface area contributed by atoms with E-state index in [1.807, 2.05) is 0 Å². The van der Waals surface area contributed by atoms with Crippen LogP contribution in [0.1, 0.15) is 30.0 Å². The van der Waals surface area contributed by atoms with Crippen LogP contribution in [0.3, 0.4) is 0 Å². The van der Waals surface area contributed by atoms with Gasteiger partial charge in [0.25, 0.3) is 0 Å². The Morgan fingerprint density at radius 2 is 1.95 bits per heavy atom. The van der Waals surface area contributed by atoms with Gasteiger partial charge >= 0.3 is 12.1 Å². The fraction of sp³-hybridized carbons (Fsp3) is 0.500. The summed E-state index contributed by atoms with van der Waals surface area (Å²) in [5.74, 6) is -0.605. The van der Waals surface area contributed by atoms with Crippen molar-refractivity contribution in [3.8, 4) is 5.75 Å². The lowest BCUT2D eigenvalue weighted by Crippen LogP contribution is -2.10. The third-order valence-corrected chi connectivity index (χ3v) is 2.77. The first-order chi connectivity index (χ1) is 9.29. The molecule has 0 aromatic heterocycles. The molecule has 0 radical (unpaired) electrons. The molecule has 0 saturated heterocycles. The van der Waals surface area contributed by atoms with E-state index < -0.39 is 17.7 Å². The van der Waals surface area contributed by atoms with Crippen molar-refractivity contribution in [3.05, 3.63) is 28.8 Å². The lowest BCUT2D eigenvalue weighted by molar-refractivity contribution is -0.143. The Labute approximate surface area is 115 Å². The van der Waals surface area contributed by atoms with Crippen LogP contribution in [0.25, 0.3) is 0 Å². The van der Waals surface area contributed by atoms with Crippen LogP contribution < -0.4 is 4.74 Å². The van der Waals surface area contributed by atoms with E-state index in [1.165, 1.54) is 7.11 Å². The minimum absolute atomic E-state index is 0.0525. The van der Waals surface area contributed by atoms with Gasteiger partial charge in [0.05, 0.1) is 19.3 Å². The summed E-state index contributed by atoms with van der Waals surface area (Å²) in [6, 6.07) is 2.61. The average Bonchev–Trinajstić information content (AvgIpc) is 2.35. The van der Waals surface area contributed by atoms with Crippen molar-refractivity contribution in [2.45, 2.75) is 32.9 Å². The molecule has 20 heavy (non-hydrogen) atoms. The summed E-state index contributed by atoms with van der Waals surface area (Å²) in [6.45, 7) is 3.48. The maximum atomic E-state index is 12.9. The molecular weight excluding hydrogens is 273 g/mol. The van der Waals surface area contributed by atoms with Gasteiger partial charge in [-0.25, -0.2) is 0 Å². The first-order valence-electron chi connectivity index (χ1n) is 6.20. The number of alkyl halides is 3. The van der Waals surface area contributed by atoms with E-state index in [-0.39, 0.29) is 25.2 Å². The first kappa shape index (κ1) is 16.3. The summed E-state index contributed by atoms with van der Waals surface area (Å²) in [5, 5.41) is 0. The Kier molecular flexibility index (Phi) is 5.42. The number of esters is 1. The molecule has 0 saturated carbocycles. The second-order valence-corrected chi connectivity index (χ2v) is 4.30. The van der Waals surface area contributed by atoms with Crippen LogP contribution in [0.4, 0.5) is 13.2 Å². The standard InChI is InChI=1S/C14H17F3O3/c1-4-20-12(18)6-5-10-7-9(2)13(19-3)11(8-10)14(15,16)17/h7-8H,4-6H2,1-3H3. The van der Waals surface area contributed by atoms with Crippen molar-refractivity contribution in [1.82, 2.24) is 0 Å². The van der Waals surface area contributed by atoms with Gasteiger partial charge in [-0.2, -0.15) is 13.2 Å². The number of methoxy groups -OCH3 is 1. The minimum Gasteiger partial charge on any atom is -0.496 e. The van der Waals surface area contributed by atoms with Crippen molar-refractivity contribution in [2.24, 2.45) is 0 Å². The number of benzene rings is 1. The highest BCUT2D eigenvalue weighted by molar-refractivity contribution is 5.69.